The molecule has 0 saturated heterocycles. The molecule has 0 unspecified atom stereocenters. The molecule has 1 aliphatic heterocycles. The topological polar surface area (TPSA) is 41.9 Å². The monoisotopic (exact) mass is 278 g/mol. The van der Waals surface area contributed by atoms with E-state index in [9.17, 15) is 4.79 Å². The van der Waals surface area contributed by atoms with Crippen LogP contribution in [-0.4, -0.2) is 29.7 Å². The second-order valence-corrected chi connectivity index (χ2v) is 4.47. The molecule has 0 aliphatic carbocycles. The highest BCUT2D eigenvalue weighted by molar-refractivity contribution is 6.38. The van der Waals surface area contributed by atoms with Crippen molar-refractivity contribution in [2.45, 2.75) is 13.8 Å². The smallest absolute Gasteiger partial charge is 0.369 e. The van der Waals surface area contributed by atoms with E-state index in [0.29, 0.717) is 21.9 Å². The van der Waals surface area contributed by atoms with Crippen molar-refractivity contribution in [3.63, 3.8) is 0 Å². The number of carbonyl (C=O) groups is 1. The van der Waals surface area contributed by atoms with E-state index in [1.54, 1.807) is 12.3 Å². The second-order valence-electron chi connectivity index (χ2n) is 4.06. The molecule has 100 valence electrons. The Morgan fingerprint density at radius 1 is 1.32 bits per heavy atom. The van der Waals surface area contributed by atoms with Gasteiger partial charge in [-0.2, -0.15) is 0 Å². The van der Waals surface area contributed by atoms with Crippen LogP contribution >= 0.6 is 11.6 Å². The number of oxime groups is 1. The fourth-order valence-corrected chi connectivity index (χ4v) is 2.06. The van der Waals surface area contributed by atoms with Crippen LogP contribution in [0.1, 0.15) is 19.4 Å². The molecule has 1 aromatic rings. The van der Waals surface area contributed by atoms with Crippen LogP contribution in [-0.2, 0) is 9.63 Å². The van der Waals surface area contributed by atoms with Crippen LogP contribution in [0.2, 0.25) is 5.02 Å². The molecule has 1 heterocycles. The first kappa shape index (κ1) is 13.6. The van der Waals surface area contributed by atoms with Crippen LogP contribution in [0.15, 0.2) is 41.2 Å². The molecule has 0 N–H and O–H groups in total. The summed E-state index contributed by atoms with van der Waals surface area (Å²) < 4.78 is 0. The van der Waals surface area contributed by atoms with Crippen molar-refractivity contribution in [1.82, 2.24) is 4.90 Å². The molecule has 0 radical (unpaired) electrons. The minimum absolute atomic E-state index is 0.441. The molecule has 4 nitrogen and oxygen atoms in total. The predicted octanol–water partition coefficient (Wildman–Crippen LogP) is 2.83. The molecule has 1 aliphatic rings. The zero-order chi connectivity index (χ0) is 13.8. The van der Waals surface area contributed by atoms with Crippen molar-refractivity contribution in [3.8, 4) is 0 Å². The number of benzene rings is 1. The van der Waals surface area contributed by atoms with Gasteiger partial charge in [-0.05, 0) is 19.9 Å². The summed E-state index contributed by atoms with van der Waals surface area (Å²) in [7, 11) is 0. The molecule has 1 aromatic carbocycles. The normalized spacial score (nSPS) is 16.5. The fourth-order valence-electron chi connectivity index (χ4n) is 1.83. The molecule has 0 amide bonds. The molecule has 0 atom stereocenters. The van der Waals surface area contributed by atoms with Gasteiger partial charge in [-0.15, -0.1) is 0 Å². The largest absolute Gasteiger partial charge is 0.377 e. The van der Waals surface area contributed by atoms with E-state index in [1.807, 2.05) is 36.9 Å². The lowest BCUT2D eigenvalue weighted by atomic mass is 10.0. The average molecular weight is 279 g/mol. The highest BCUT2D eigenvalue weighted by Gasteiger charge is 2.28. The number of hydrogen-bond acceptors (Lipinski definition) is 4. The lowest BCUT2D eigenvalue weighted by Gasteiger charge is -2.16. The van der Waals surface area contributed by atoms with Gasteiger partial charge in [0.25, 0.3) is 0 Å². The van der Waals surface area contributed by atoms with E-state index >= 15 is 0 Å². The van der Waals surface area contributed by atoms with E-state index in [2.05, 4.69) is 5.16 Å². The van der Waals surface area contributed by atoms with Crippen LogP contribution in [0, 0.1) is 0 Å². The predicted molar refractivity (Wildman–Crippen MR) is 75.1 cm³/mol. The summed E-state index contributed by atoms with van der Waals surface area (Å²) in [5, 5.41) is 4.38. The summed E-state index contributed by atoms with van der Waals surface area (Å²) in [5.41, 5.74) is 1.63. The molecule has 0 spiro atoms. The average Bonchev–Trinajstić information content (AvgIpc) is 2.78. The number of rotatable bonds is 4. The fraction of sp³-hybridized carbons (Fsp3) is 0.286. The van der Waals surface area contributed by atoms with Crippen LogP contribution < -0.4 is 0 Å². The van der Waals surface area contributed by atoms with Gasteiger partial charge in [-0.1, -0.05) is 35.0 Å². The van der Waals surface area contributed by atoms with Crippen molar-refractivity contribution < 1.29 is 9.63 Å². The molecule has 0 saturated carbocycles. The summed E-state index contributed by atoms with van der Waals surface area (Å²) in [4.78, 5) is 18.5. The second kappa shape index (κ2) is 5.89. The van der Waals surface area contributed by atoms with Crippen LogP contribution in [0.4, 0.5) is 0 Å². The maximum atomic E-state index is 11.8. The van der Waals surface area contributed by atoms with Gasteiger partial charge in [0.2, 0.25) is 0 Å². The molecule has 0 aromatic heterocycles. The summed E-state index contributed by atoms with van der Waals surface area (Å²) in [6, 6.07) is 7.26. The molecule has 5 heteroatoms. The zero-order valence-corrected chi connectivity index (χ0v) is 11.6. The third-order valence-corrected chi connectivity index (χ3v) is 3.28. The molecule has 2 rings (SSSR count). The lowest BCUT2D eigenvalue weighted by Crippen LogP contribution is -2.20. The molecular formula is C14H15ClN2O2. The zero-order valence-electron chi connectivity index (χ0n) is 10.9. The Kier molecular flexibility index (Phi) is 4.22. The van der Waals surface area contributed by atoms with Crippen LogP contribution in [0.25, 0.3) is 0 Å². The Hall–Kier alpha value is -1.81. The highest BCUT2D eigenvalue weighted by Crippen LogP contribution is 2.24. The minimum Gasteiger partial charge on any atom is -0.377 e. The maximum absolute atomic E-state index is 11.8. The molecule has 0 bridgehead atoms. The first-order valence-electron chi connectivity index (χ1n) is 6.17. The SMILES string of the molecule is CCN(/C=C1\C(=O)ON=C1c1ccccc1Cl)CC. The Morgan fingerprint density at radius 3 is 2.63 bits per heavy atom. The Morgan fingerprint density at radius 2 is 2.00 bits per heavy atom. The van der Waals surface area contributed by atoms with Gasteiger partial charge in [0, 0.05) is 24.9 Å². The third-order valence-electron chi connectivity index (χ3n) is 2.95. The number of carbonyl (C=O) groups excluding carboxylic acids is 1. The Bertz CT molecular complexity index is 548. The van der Waals surface area contributed by atoms with Crippen molar-refractivity contribution in [1.29, 1.82) is 0 Å². The number of hydrogen-bond donors (Lipinski definition) is 0. The lowest BCUT2D eigenvalue weighted by molar-refractivity contribution is -0.136. The van der Waals surface area contributed by atoms with Gasteiger partial charge >= 0.3 is 5.97 Å². The van der Waals surface area contributed by atoms with Gasteiger partial charge in [0.15, 0.2) is 0 Å². The number of nitrogens with zero attached hydrogens (tertiary/aromatic N) is 2. The van der Waals surface area contributed by atoms with E-state index < -0.39 is 5.97 Å². The molecule has 19 heavy (non-hydrogen) atoms. The van der Waals surface area contributed by atoms with Crippen molar-refractivity contribution in [3.05, 3.63) is 46.6 Å². The van der Waals surface area contributed by atoms with Crippen molar-refractivity contribution in [2.75, 3.05) is 13.1 Å². The van der Waals surface area contributed by atoms with E-state index in [4.69, 9.17) is 16.4 Å². The van der Waals surface area contributed by atoms with Gasteiger partial charge in [-0.25, -0.2) is 4.79 Å². The third kappa shape index (κ3) is 2.79. The summed E-state index contributed by atoms with van der Waals surface area (Å²) in [6.45, 7) is 5.66. The first-order chi connectivity index (χ1) is 9.17. The standard InChI is InChI=1S/C14H15ClN2O2/c1-3-17(4-2)9-11-13(16-19-14(11)18)10-7-5-6-8-12(10)15/h5-9H,3-4H2,1-2H3/b11-9-. The van der Waals surface area contributed by atoms with E-state index in [0.717, 1.165) is 13.1 Å². The quantitative estimate of drug-likeness (QED) is 0.628. The Balaban J connectivity index is 2.40. The number of halogens is 1. The van der Waals surface area contributed by atoms with E-state index in [1.165, 1.54) is 0 Å². The van der Waals surface area contributed by atoms with Gasteiger partial charge in [0.1, 0.15) is 11.3 Å². The van der Waals surface area contributed by atoms with Gasteiger partial charge in [0.05, 0.1) is 5.02 Å². The van der Waals surface area contributed by atoms with E-state index in [-0.39, 0.29) is 0 Å². The van der Waals surface area contributed by atoms with Crippen LogP contribution in [0.5, 0.6) is 0 Å². The molecular weight excluding hydrogens is 264 g/mol. The van der Waals surface area contributed by atoms with Gasteiger partial charge < -0.3 is 9.74 Å². The van der Waals surface area contributed by atoms with Crippen LogP contribution in [0.3, 0.4) is 0 Å². The maximum Gasteiger partial charge on any atom is 0.369 e. The highest BCUT2D eigenvalue weighted by atomic mass is 35.5. The van der Waals surface area contributed by atoms with Crippen molar-refractivity contribution >= 4 is 23.3 Å². The van der Waals surface area contributed by atoms with Crippen molar-refractivity contribution in [2.24, 2.45) is 5.16 Å². The summed E-state index contributed by atoms with van der Waals surface area (Å²) in [5.74, 6) is -0.443. The first-order valence-corrected chi connectivity index (χ1v) is 6.55. The summed E-state index contributed by atoms with van der Waals surface area (Å²) >= 11 is 6.13. The molecule has 0 fully saturated rings. The summed E-state index contributed by atoms with van der Waals surface area (Å²) in [6.07, 6.45) is 1.78. The van der Waals surface area contributed by atoms with Gasteiger partial charge in [-0.3, -0.25) is 0 Å². The minimum atomic E-state index is -0.443. The Labute approximate surface area is 117 Å².